The molecule has 0 aliphatic rings. The van der Waals surface area contributed by atoms with Crippen molar-refractivity contribution in [1.29, 1.82) is 0 Å². The second-order valence-electron chi connectivity index (χ2n) is 6.73. The predicted octanol–water partition coefficient (Wildman–Crippen LogP) is 1.87. The number of aliphatic hydroxyl groups is 1. The monoisotopic (exact) mass is 447 g/mol. The first-order valence-corrected chi connectivity index (χ1v) is 8.41. The quantitative estimate of drug-likeness (QED) is 0.671. The van der Waals surface area contributed by atoms with Gasteiger partial charge >= 0.3 is 51.4 Å². The van der Waals surface area contributed by atoms with E-state index in [0.717, 1.165) is 0 Å². The van der Waals surface area contributed by atoms with E-state index in [1.807, 2.05) is 20.8 Å². The molecule has 0 aliphatic carbocycles. The van der Waals surface area contributed by atoms with E-state index < -0.39 is 5.60 Å². The van der Waals surface area contributed by atoms with Crippen LogP contribution in [0.2, 0.25) is 15.5 Å². The van der Waals surface area contributed by atoms with Gasteiger partial charge in [-0.25, -0.2) is 4.98 Å². The zero-order valence-corrected chi connectivity index (χ0v) is 21.5. The third kappa shape index (κ3) is 20.7. The molecule has 0 saturated carbocycles. The molecule has 2 aromatic heterocycles. The molecule has 2 aromatic rings. The Hall–Kier alpha value is 0.426. The van der Waals surface area contributed by atoms with E-state index in [1.54, 1.807) is 20.8 Å². The molecule has 0 bridgehead atoms. The van der Waals surface area contributed by atoms with Crippen molar-refractivity contribution in [1.82, 2.24) is 19.9 Å². The molecule has 0 radical (unpaired) electrons. The van der Waals surface area contributed by atoms with Gasteiger partial charge in [-0.2, -0.15) is 4.98 Å². The summed E-state index contributed by atoms with van der Waals surface area (Å²) >= 11 is 16.4. The minimum absolute atomic E-state index is 0. The van der Waals surface area contributed by atoms with Crippen molar-refractivity contribution in [3.63, 3.8) is 0 Å². The third-order valence-electron chi connectivity index (χ3n) is 1.57. The molecule has 0 atom stereocenters. The van der Waals surface area contributed by atoms with Crippen LogP contribution >= 0.6 is 34.8 Å². The van der Waals surface area contributed by atoms with Crippen molar-refractivity contribution in [2.24, 2.45) is 0 Å². The Labute approximate surface area is 212 Å². The van der Waals surface area contributed by atoms with Crippen LogP contribution in [0.4, 0.5) is 0 Å². The maximum absolute atomic E-state index is 8.52. The van der Waals surface area contributed by atoms with Crippen LogP contribution in [0.1, 0.15) is 41.5 Å². The summed E-state index contributed by atoms with van der Waals surface area (Å²) < 4.78 is 5.42. The molecular weight excluding hydrogens is 426 g/mol. The van der Waals surface area contributed by atoms with Crippen molar-refractivity contribution in [2.75, 3.05) is 0 Å². The smallest absolute Gasteiger partial charge is 0.471 e. The first-order valence-electron chi connectivity index (χ1n) is 7.28. The average Bonchev–Trinajstić information content (AvgIpc) is 2.34. The first-order chi connectivity index (χ1) is 11.3. The summed E-state index contributed by atoms with van der Waals surface area (Å²) in [6.07, 6.45) is 5.86. The Kier molecular flexibility index (Phi) is 15.0. The van der Waals surface area contributed by atoms with Gasteiger partial charge in [-0.1, -0.05) is 34.8 Å². The van der Waals surface area contributed by atoms with Crippen LogP contribution in [0.5, 0.6) is 5.88 Å². The molecule has 6 nitrogen and oxygen atoms in total. The maximum atomic E-state index is 8.52. The Morgan fingerprint density at radius 2 is 1.12 bits per heavy atom. The molecule has 26 heavy (non-hydrogen) atoms. The number of hydrogen-bond donors (Lipinski definition) is 1. The van der Waals surface area contributed by atoms with E-state index in [2.05, 4.69) is 19.9 Å². The SMILES string of the molecule is CC(C)(C)O.CC(C)(C)Oc1cncc(Cl)n1.Clc1cncc(Cl)n1.[K+]. The summed E-state index contributed by atoms with van der Waals surface area (Å²) in [6, 6.07) is 0. The van der Waals surface area contributed by atoms with Gasteiger partial charge in [-0.3, -0.25) is 9.97 Å². The van der Waals surface area contributed by atoms with Gasteiger partial charge in [0, 0.05) is 0 Å². The predicted molar refractivity (Wildman–Crippen MR) is 101 cm³/mol. The van der Waals surface area contributed by atoms with E-state index >= 15 is 0 Å². The van der Waals surface area contributed by atoms with Crippen LogP contribution < -0.4 is 56.1 Å². The van der Waals surface area contributed by atoms with E-state index in [9.17, 15) is 0 Å². The van der Waals surface area contributed by atoms with Crippen LogP contribution in [0.15, 0.2) is 24.8 Å². The van der Waals surface area contributed by atoms with Crippen LogP contribution in [-0.4, -0.2) is 36.2 Å². The van der Waals surface area contributed by atoms with E-state index in [1.165, 1.54) is 24.8 Å². The van der Waals surface area contributed by atoms with Gasteiger partial charge in [0.25, 0.3) is 0 Å². The Morgan fingerprint density at radius 3 is 1.38 bits per heavy atom. The number of ether oxygens (including phenoxy) is 1. The molecule has 0 aromatic carbocycles. The summed E-state index contributed by atoms with van der Waals surface area (Å²) in [5.41, 5.74) is -0.765. The van der Waals surface area contributed by atoms with Crippen LogP contribution in [0.25, 0.3) is 0 Å². The van der Waals surface area contributed by atoms with Crippen molar-refractivity contribution in [3.8, 4) is 5.88 Å². The summed E-state index contributed by atoms with van der Waals surface area (Å²) in [4.78, 5) is 15.1. The van der Waals surface area contributed by atoms with Crippen LogP contribution in [-0.2, 0) is 0 Å². The number of rotatable bonds is 1. The number of nitrogens with zero attached hydrogens (tertiary/aromatic N) is 4. The zero-order valence-electron chi connectivity index (χ0n) is 16.1. The van der Waals surface area contributed by atoms with Gasteiger partial charge < -0.3 is 9.84 Å². The first kappa shape index (κ1) is 28.6. The van der Waals surface area contributed by atoms with Crippen molar-refractivity contribution >= 4 is 34.8 Å². The second kappa shape index (κ2) is 13.6. The molecule has 10 heteroatoms. The van der Waals surface area contributed by atoms with Crippen molar-refractivity contribution in [3.05, 3.63) is 40.2 Å². The minimum atomic E-state index is -0.500. The fraction of sp³-hybridized carbons (Fsp3) is 0.500. The van der Waals surface area contributed by atoms with Gasteiger partial charge in [-0.15, -0.1) is 0 Å². The molecule has 1 N–H and O–H groups in total. The molecule has 2 heterocycles. The normalized spacial score (nSPS) is 10.4. The molecule has 140 valence electrons. The van der Waals surface area contributed by atoms with Crippen LogP contribution in [0, 0.1) is 0 Å². The summed E-state index contributed by atoms with van der Waals surface area (Å²) in [5, 5.41) is 9.50. The molecular formula is C16H23Cl3KN4O2+. The van der Waals surface area contributed by atoms with E-state index in [0.29, 0.717) is 21.3 Å². The summed E-state index contributed by atoms with van der Waals surface area (Å²) in [6.45, 7) is 11.0. The van der Waals surface area contributed by atoms with E-state index in [4.69, 9.17) is 44.6 Å². The fourth-order valence-corrected chi connectivity index (χ4v) is 1.49. The van der Waals surface area contributed by atoms with Crippen molar-refractivity contribution < 1.29 is 61.2 Å². The number of hydrogen-bond acceptors (Lipinski definition) is 6. The maximum Gasteiger partial charge on any atom is 1.00 e. The zero-order chi connectivity index (χ0) is 19.7. The number of halogens is 3. The van der Waals surface area contributed by atoms with Gasteiger partial charge in [0.05, 0.1) is 30.4 Å². The second-order valence-corrected chi connectivity index (χ2v) is 7.89. The van der Waals surface area contributed by atoms with Crippen molar-refractivity contribution in [2.45, 2.75) is 52.7 Å². The molecule has 0 fully saturated rings. The minimum Gasteiger partial charge on any atom is -0.471 e. The summed E-state index contributed by atoms with van der Waals surface area (Å²) in [7, 11) is 0. The van der Waals surface area contributed by atoms with E-state index in [-0.39, 0.29) is 57.0 Å². The van der Waals surface area contributed by atoms with Gasteiger partial charge in [0.15, 0.2) is 5.15 Å². The fourth-order valence-electron chi connectivity index (χ4n) is 1.01. The Bertz CT molecular complexity index is 627. The largest absolute Gasteiger partial charge is 1.00 e. The molecule has 2 rings (SSSR count). The van der Waals surface area contributed by atoms with Gasteiger partial charge in [-0.05, 0) is 41.5 Å². The number of aromatic nitrogens is 4. The Morgan fingerprint density at radius 1 is 0.769 bits per heavy atom. The average molecular weight is 449 g/mol. The topological polar surface area (TPSA) is 81.0 Å². The van der Waals surface area contributed by atoms with Gasteiger partial charge in [0.1, 0.15) is 15.9 Å². The standard InChI is InChI=1S/C8H11ClN2O.C4H2Cl2N2.C4H10O.K/c1-8(2,3)12-7-5-10-4-6(9)11-7;5-3-1-7-2-4(6)8-3;1-4(2,3)5;/h4-5H,1-3H3;1-2H;5H,1-3H3;/q;;;+1. The molecule has 0 aliphatic heterocycles. The molecule has 0 unspecified atom stereocenters. The summed E-state index contributed by atoms with van der Waals surface area (Å²) in [5.74, 6) is 0.454. The Balaban J connectivity index is 0. The molecule has 0 saturated heterocycles. The van der Waals surface area contributed by atoms with Crippen LogP contribution in [0.3, 0.4) is 0 Å². The van der Waals surface area contributed by atoms with Gasteiger partial charge in [0.2, 0.25) is 5.88 Å². The third-order valence-corrected chi connectivity index (χ3v) is 2.12. The molecule has 0 amide bonds. The molecule has 0 spiro atoms.